The van der Waals surface area contributed by atoms with E-state index in [2.05, 4.69) is 67.1 Å². The Kier molecular flexibility index (Phi) is 9.45. The first kappa shape index (κ1) is 18.6. The van der Waals surface area contributed by atoms with Gasteiger partial charge in [0.2, 0.25) is 0 Å². The lowest BCUT2D eigenvalue weighted by Gasteiger charge is -2.37. The van der Waals surface area contributed by atoms with Gasteiger partial charge in [-0.2, -0.15) is 0 Å². The second kappa shape index (κ2) is 11.2. The Hall–Kier alpha value is -1.44. The predicted molar refractivity (Wildman–Crippen MR) is 95.5 cm³/mol. The van der Waals surface area contributed by atoms with Crippen LogP contribution in [0.25, 0.3) is 0 Å². The van der Waals surface area contributed by atoms with E-state index >= 15 is 0 Å². The Morgan fingerprint density at radius 2 is 1.55 bits per heavy atom. The minimum Gasteiger partial charge on any atom is -0.320 e. The third kappa shape index (κ3) is 7.02. The maximum absolute atomic E-state index is 4.30. The normalized spacial score (nSPS) is 11.0. The van der Waals surface area contributed by atoms with Crippen LogP contribution in [0.15, 0.2) is 40.3 Å². The summed E-state index contributed by atoms with van der Waals surface area (Å²) in [4.78, 5) is 8.48. The molecule has 0 atom stereocenters. The summed E-state index contributed by atoms with van der Waals surface area (Å²) in [6.07, 6.45) is 3.41. The molecule has 0 unspecified atom stereocenters. The summed E-state index contributed by atoms with van der Waals surface area (Å²) in [5, 5.41) is 0. The van der Waals surface area contributed by atoms with Crippen molar-refractivity contribution in [2.45, 2.75) is 46.6 Å². The first-order valence-electron chi connectivity index (χ1n) is 8.73. The van der Waals surface area contributed by atoms with Crippen molar-refractivity contribution in [1.82, 2.24) is 0 Å². The molecule has 122 valence electrons. The highest BCUT2D eigenvalue weighted by atomic mass is 15.3. The van der Waals surface area contributed by atoms with Crippen LogP contribution in [0.4, 0.5) is 0 Å². The molecule has 3 nitrogen and oxygen atoms in total. The highest BCUT2D eigenvalue weighted by Crippen LogP contribution is 2.15. The van der Waals surface area contributed by atoms with E-state index in [1.165, 1.54) is 31.6 Å². The number of hydrogen-bond acceptors (Lipinski definition) is 2. The van der Waals surface area contributed by atoms with Gasteiger partial charge in [0.15, 0.2) is 0 Å². The van der Waals surface area contributed by atoms with Crippen LogP contribution in [-0.2, 0) is 6.54 Å². The average molecular weight is 302 g/mol. The van der Waals surface area contributed by atoms with E-state index < -0.39 is 0 Å². The van der Waals surface area contributed by atoms with Gasteiger partial charge in [-0.15, -0.1) is 0 Å². The van der Waals surface area contributed by atoms with E-state index in [1.54, 1.807) is 0 Å². The molecule has 0 aliphatic heterocycles. The van der Waals surface area contributed by atoms with Crippen molar-refractivity contribution in [3.05, 3.63) is 35.9 Å². The van der Waals surface area contributed by atoms with Gasteiger partial charge < -0.3 is 4.48 Å². The number of rotatable bonds is 11. The van der Waals surface area contributed by atoms with Crippen LogP contribution in [0.1, 0.15) is 45.6 Å². The second-order valence-electron chi connectivity index (χ2n) is 5.91. The van der Waals surface area contributed by atoms with Crippen molar-refractivity contribution in [3.63, 3.8) is 0 Å². The molecule has 22 heavy (non-hydrogen) atoms. The summed E-state index contributed by atoms with van der Waals surface area (Å²) in [7, 11) is 0. The van der Waals surface area contributed by atoms with Crippen LogP contribution in [0.3, 0.4) is 0 Å². The highest BCUT2D eigenvalue weighted by molar-refractivity contribution is 5.40. The third-order valence-corrected chi connectivity index (χ3v) is 4.37. The van der Waals surface area contributed by atoms with Gasteiger partial charge in [-0.25, -0.2) is 9.98 Å². The molecule has 3 heteroatoms. The summed E-state index contributed by atoms with van der Waals surface area (Å²) in [5.74, 6) is 0. The number of unbranched alkanes of at least 4 members (excludes halogenated alkanes) is 1. The lowest BCUT2D eigenvalue weighted by Crippen LogP contribution is -2.47. The van der Waals surface area contributed by atoms with E-state index in [0.717, 1.165) is 37.0 Å². The molecule has 0 saturated heterocycles. The molecule has 0 aromatic heterocycles. The molecular formula is C19H32N3+. The Morgan fingerprint density at radius 1 is 0.909 bits per heavy atom. The Labute approximate surface area is 136 Å². The van der Waals surface area contributed by atoms with Crippen molar-refractivity contribution in [1.29, 1.82) is 0 Å². The SMILES string of the molecule is CCCCN=C=NCCC[N+](CC)(CC)Cc1ccccc1. The lowest BCUT2D eigenvalue weighted by atomic mass is 10.1. The van der Waals surface area contributed by atoms with Crippen LogP contribution in [0.5, 0.6) is 0 Å². The van der Waals surface area contributed by atoms with Crippen molar-refractivity contribution < 1.29 is 4.48 Å². The Morgan fingerprint density at radius 3 is 2.14 bits per heavy atom. The van der Waals surface area contributed by atoms with Gasteiger partial charge in [-0.05, 0) is 20.3 Å². The zero-order valence-electron chi connectivity index (χ0n) is 14.6. The summed E-state index contributed by atoms with van der Waals surface area (Å²) >= 11 is 0. The van der Waals surface area contributed by atoms with Gasteiger partial charge >= 0.3 is 0 Å². The van der Waals surface area contributed by atoms with Crippen molar-refractivity contribution in [2.24, 2.45) is 9.98 Å². The fourth-order valence-corrected chi connectivity index (χ4v) is 2.69. The zero-order valence-corrected chi connectivity index (χ0v) is 14.6. The van der Waals surface area contributed by atoms with Crippen LogP contribution >= 0.6 is 0 Å². The first-order valence-corrected chi connectivity index (χ1v) is 8.73. The van der Waals surface area contributed by atoms with E-state index in [4.69, 9.17) is 0 Å². The second-order valence-corrected chi connectivity index (χ2v) is 5.91. The van der Waals surface area contributed by atoms with E-state index in [0.29, 0.717) is 0 Å². The van der Waals surface area contributed by atoms with Crippen LogP contribution in [0.2, 0.25) is 0 Å². The van der Waals surface area contributed by atoms with E-state index in [1.807, 2.05) is 0 Å². The molecule has 0 N–H and O–H groups in total. The zero-order chi connectivity index (χ0) is 16.1. The standard InChI is InChI=1S/C19H32N3/c1-4-7-14-20-18-21-15-11-16-22(5-2,6-3)17-19-12-9-8-10-13-19/h8-10,12-13H,4-7,11,14-17H2,1-3H3/q+1. The Bertz CT molecular complexity index is 443. The molecule has 0 spiro atoms. The van der Waals surface area contributed by atoms with Crippen LogP contribution < -0.4 is 0 Å². The Balaban J connectivity index is 2.45. The molecule has 0 radical (unpaired) electrons. The topological polar surface area (TPSA) is 24.7 Å². The minimum absolute atomic E-state index is 0.838. The molecule has 0 amide bonds. The summed E-state index contributed by atoms with van der Waals surface area (Å²) < 4.78 is 1.13. The van der Waals surface area contributed by atoms with Gasteiger partial charge in [-0.3, -0.25) is 0 Å². The van der Waals surface area contributed by atoms with Gasteiger partial charge in [0.25, 0.3) is 0 Å². The molecule has 0 heterocycles. The number of quaternary nitrogens is 1. The molecule has 0 bridgehead atoms. The molecule has 0 saturated carbocycles. The van der Waals surface area contributed by atoms with Crippen molar-refractivity contribution >= 4 is 6.01 Å². The van der Waals surface area contributed by atoms with E-state index in [-0.39, 0.29) is 0 Å². The smallest absolute Gasteiger partial charge is 0.104 e. The molecular weight excluding hydrogens is 270 g/mol. The van der Waals surface area contributed by atoms with Crippen molar-refractivity contribution in [3.8, 4) is 0 Å². The maximum atomic E-state index is 4.30. The number of aliphatic imine (C=N–C) groups is 2. The summed E-state index contributed by atoms with van der Waals surface area (Å²) in [5.41, 5.74) is 1.43. The molecule has 0 fully saturated rings. The molecule has 0 aliphatic carbocycles. The highest BCUT2D eigenvalue weighted by Gasteiger charge is 2.22. The summed E-state index contributed by atoms with van der Waals surface area (Å²) in [6, 6.07) is 13.6. The minimum atomic E-state index is 0.838. The largest absolute Gasteiger partial charge is 0.320 e. The molecule has 1 rings (SSSR count). The average Bonchev–Trinajstić information content (AvgIpc) is 2.57. The fraction of sp³-hybridized carbons (Fsp3) is 0.632. The van der Waals surface area contributed by atoms with Gasteiger partial charge in [0.05, 0.1) is 32.2 Å². The molecule has 1 aromatic rings. The molecule has 0 aliphatic rings. The van der Waals surface area contributed by atoms with Crippen molar-refractivity contribution in [2.75, 3.05) is 32.7 Å². The number of hydrogen-bond donors (Lipinski definition) is 0. The van der Waals surface area contributed by atoms with Gasteiger partial charge in [-0.1, -0.05) is 43.7 Å². The fourth-order valence-electron chi connectivity index (χ4n) is 2.69. The maximum Gasteiger partial charge on any atom is 0.104 e. The van der Waals surface area contributed by atoms with Crippen LogP contribution in [-0.4, -0.2) is 43.2 Å². The van der Waals surface area contributed by atoms with Gasteiger partial charge in [0, 0.05) is 18.5 Å². The first-order chi connectivity index (χ1) is 10.8. The monoisotopic (exact) mass is 302 g/mol. The third-order valence-electron chi connectivity index (χ3n) is 4.37. The predicted octanol–water partition coefficient (Wildman–Crippen LogP) is 4.41. The number of nitrogens with zero attached hydrogens (tertiary/aromatic N) is 3. The van der Waals surface area contributed by atoms with E-state index in [9.17, 15) is 0 Å². The molecule has 1 aromatic carbocycles. The van der Waals surface area contributed by atoms with Crippen LogP contribution in [0, 0.1) is 0 Å². The summed E-state index contributed by atoms with van der Waals surface area (Å²) in [6.45, 7) is 13.1. The van der Waals surface area contributed by atoms with Gasteiger partial charge in [0.1, 0.15) is 6.54 Å². The number of benzene rings is 1. The lowest BCUT2D eigenvalue weighted by molar-refractivity contribution is -0.937. The quantitative estimate of drug-likeness (QED) is 0.329.